The molecule has 1 aromatic rings. The highest BCUT2D eigenvalue weighted by atomic mass is 35.5. The van der Waals surface area contributed by atoms with E-state index >= 15 is 0 Å². The maximum absolute atomic E-state index is 12.2. The lowest BCUT2D eigenvalue weighted by atomic mass is 9.99. The molecule has 1 N–H and O–H groups in total. The van der Waals surface area contributed by atoms with Crippen LogP contribution in [0.1, 0.15) is 17.4 Å². The number of hydrogen-bond acceptors (Lipinski definition) is 3. The van der Waals surface area contributed by atoms with E-state index in [0.717, 1.165) is 0 Å². The predicted octanol–water partition coefficient (Wildman–Crippen LogP) is 2.20. The number of carbonyl (C=O) groups excluding carboxylic acids is 2. The Morgan fingerprint density at radius 2 is 2.11 bits per heavy atom. The lowest BCUT2D eigenvalue weighted by Crippen LogP contribution is -2.30. The number of H-pyrrole nitrogens is 1. The van der Waals surface area contributed by atoms with Gasteiger partial charge in [-0.25, -0.2) is 0 Å². The van der Waals surface area contributed by atoms with Crippen molar-refractivity contribution in [1.29, 1.82) is 0 Å². The third kappa shape index (κ3) is 2.72. The molecule has 0 saturated carbocycles. The quantitative estimate of drug-likeness (QED) is 0.852. The van der Waals surface area contributed by atoms with Crippen molar-refractivity contribution in [3.8, 4) is 0 Å². The molecule has 2 unspecified atom stereocenters. The van der Waals surface area contributed by atoms with Gasteiger partial charge in [0.05, 0.1) is 18.1 Å². The molecular formula is C12H14Cl2N2O3. The number of hydrogen-bond donors (Lipinski definition) is 1. The number of methoxy groups -OCH3 is 1. The number of likely N-dealkylation sites (tertiary alicyclic amines) is 1. The number of carbonyl (C=O) groups is 2. The molecule has 104 valence electrons. The van der Waals surface area contributed by atoms with Gasteiger partial charge in [0.1, 0.15) is 10.8 Å². The molecule has 1 fully saturated rings. The van der Waals surface area contributed by atoms with Gasteiger partial charge < -0.3 is 14.6 Å². The molecule has 0 aromatic carbocycles. The lowest BCUT2D eigenvalue weighted by Gasteiger charge is -2.14. The van der Waals surface area contributed by atoms with Gasteiger partial charge in [0, 0.05) is 13.1 Å². The summed E-state index contributed by atoms with van der Waals surface area (Å²) in [6.45, 7) is 2.78. The maximum Gasteiger partial charge on any atom is 0.310 e. The second-order valence-corrected chi connectivity index (χ2v) is 5.45. The van der Waals surface area contributed by atoms with Crippen LogP contribution >= 0.6 is 23.2 Å². The highest BCUT2D eigenvalue weighted by Gasteiger charge is 2.38. The SMILES string of the molecule is COC(=O)C1CN(C(=O)c2cc(Cl)c(Cl)[nH]2)CC1C. The molecule has 7 heteroatoms. The van der Waals surface area contributed by atoms with Gasteiger partial charge in [-0.15, -0.1) is 0 Å². The van der Waals surface area contributed by atoms with Gasteiger partial charge in [0.25, 0.3) is 5.91 Å². The average Bonchev–Trinajstić information content (AvgIpc) is 2.92. The topological polar surface area (TPSA) is 62.4 Å². The molecule has 1 amide bonds. The minimum atomic E-state index is -0.287. The number of aromatic nitrogens is 1. The van der Waals surface area contributed by atoms with Crippen molar-refractivity contribution >= 4 is 35.1 Å². The van der Waals surface area contributed by atoms with Crippen LogP contribution in [0.2, 0.25) is 10.2 Å². The van der Waals surface area contributed by atoms with Gasteiger partial charge in [-0.1, -0.05) is 30.1 Å². The molecule has 19 heavy (non-hydrogen) atoms. The average molecular weight is 305 g/mol. The van der Waals surface area contributed by atoms with E-state index < -0.39 is 0 Å². The van der Waals surface area contributed by atoms with Crippen LogP contribution < -0.4 is 0 Å². The highest BCUT2D eigenvalue weighted by molar-refractivity contribution is 6.41. The Hall–Kier alpha value is -1.20. The molecule has 2 atom stereocenters. The van der Waals surface area contributed by atoms with Crippen molar-refractivity contribution in [3.63, 3.8) is 0 Å². The summed E-state index contributed by atoms with van der Waals surface area (Å²) in [5, 5.41) is 0.545. The van der Waals surface area contributed by atoms with Crippen molar-refractivity contribution in [2.75, 3.05) is 20.2 Å². The fourth-order valence-corrected chi connectivity index (χ4v) is 2.59. The van der Waals surface area contributed by atoms with E-state index in [1.165, 1.54) is 13.2 Å². The first kappa shape index (κ1) is 14.2. The van der Waals surface area contributed by atoms with E-state index in [4.69, 9.17) is 27.9 Å². The summed E-state index contributed by atoms with van der Waals surface area (Å²) < 4.78 is 4.73. The van der Waals surface area contributed by atoms with E-state index in [9.17, 15) is 9.59 Å². The molecular weight excluding hydrogens is 291 g/mol. The molecule has 1 aliphatic rings. The third-order valence-corrected chi connectivity index (χ3v) is 4.05. The standard InChI is InChI=1S/C12H14Cl2N2O3/c1-6-4-16(5-7(6)12(18)19-2)11(17)9-3-8(13)10(14)15-9/h3,6-7,15H,4-5H2,1-2H3. The van der Waals surface area contributed by atoms with E-state index in [0.29, 0.717) is 23.8 Å². The summed E-state index contributed by atoms with van der Waals surface area (Å²) >= 11 is 11.6. The normalized spacial score (nSPS) is 22.6. The Kier molecular flexibility index (Phi) is 4.06. The van der Waals surface area contributed by atoms with E-state index in [2.05, 4.69) is 4.98 Å². The number of nitrogens with one attached hydrogen (secondary N) is 1. The molecule has 5 nitrogen and oxygen atoms in total. The van der Waals surface area contributed by atoms with Crippen molar-refractivity contribution in [2.24, 2.45) is 11.8 Å². The van der Waals surface area contributed by atoms with E-state index in [1.807, 2.05) is 6.92 Å². The monoisotopic (exact) mass is 304 g/mol. The summed E-state index contributed by atoms with van der Waals surface area (Å²) in [5.41, 5.74) is 0.327. The number of amides is 1. The minimum Gasteiger partial charge on any atom is -0.469 e. The Morgan fingerprint density at radius 3 is 2.63 bits per heavy atom. The van der Waals surface area contributed by atoms with Crippen molar-refractivity contribution in [1.82, 2.24) is 9.88 Å². The zero-order valence-electron chi connectivity index (χ0n) is 10.6. The van der Waals surface area contributed by atoms with Crippen LogP contribution in [0.4, 0.5) is 0 Å². The summed E-state index contributed by atoms with van der Waals surface area (Å²) in [4.78, 5) is 28.1. The van der Waals surface area contributed by atoms with Crippen molar-refractivity contribution < 1.29 is 14.3 Å². The number of ether oxygens (including phenoxy) is 1. The molecule has 1 saturated heterocycles. The van der Waals surface area contributed by atoms with Crippen LogP contribution in [0.5, 0.6) is 0 Å². The second-order valence-electron chi connectivity index (χ2n) is 4.66. The number of halogens is 2. The molecule has 0 spiro atoms. The van der Waals surface area contributed by atoms with Gasteiger partial charge in [-0.2, -0.15) is 0 Å². The van der Waals surface area contributed by atoms with E-state index in [-0.39, 0.29) is 28.9 Å². The fraction of sp³-hybridized carbons (Fsp3) is 0.500. The summed E-state index contributed by atoms with van der Waals surface area (Å²) in [6, 6.07) is 1.49. The number of rotatable bonds is 2. The van der Waals surface area contributed by atoms with Crippen molar-refractivity contribution in [3.05, 3.63) is 21.9 Å². The predicted molar refractivity (Wildman–Crippen MR) is 71.4 cm³/mol. The molecule has 2 heterocycles. The van der Waals surface area contributed by atoms with Gasteiger partial charge in [-0.05, 0) is 12.0 Å². The number of nitrogens with zero attached hydrogens (tertiary/aromatic N) is 1. The number of esters is 1. The first-order valence-electron chi connectivity index (χ1n) is 5.85. The molecule has 0 bridgehead atoms. The van der Waals surface area contributed by atoms with Crippen LogP contribution in [-0.4, -0.2) is 42.0 Å². The Labute approximate surface area is 120 Å². The fourth-order valence-electron chi connectivity index (χ4n) is 2.28. The highest BCUT2D eigenvalue weighted by Crippen LogP contribution is 2.27. The van der Waals surface area contributed by atoms with Crippen LogP contribution in [0.3, 0.4) is 0 Å². The minimum absolute atomic E-state index is 0.0670. The summed E-state index contributed by atoms with van der Waals surface area (Å²) in [6.07, 6.45) is 0. The summed E-state index contributed by atoms with van der Waals surface area (Å²) in [7, 11) is 1.35. The smallest absolute Gasteiger partial charge is 0.310 e. The zero-order chi connectivity index (χ0) is 14.2. The molecule has 0 radical (unpaired) electrons. The van der Waals surface area contributed by atoms with Crippen LogP contribution in [0.15, 0.2) is 6.07 Å². The van der Waals surface area contributed by atoms with E-state index in [1.54, 1.807) is 4.90 Å². The molecule has 1 aliphatic heterocycles. The first-order valence-corrected chi connectivity index (χ1v) is 6.60. The maximum atomic E-state index is 12.2. The number of aromatic amines is 1. The van der Waals surface area contributed by atoms with Gasteiger partial charge in [0.2, 0.25) is 0 Å². The zero-order valence-corrected chi connectivity index (χ0v) is 12.1. The Balaban J connectivity index is 2.12. The van der Waals surface area contributed by atoms with Gasteiger partial charge in [-0.3, -0.25) is 9.59 Å². The molecule has 2 rings (SSSR count). The van der Waals surface area contributed by atoms with Crippen LogP contribution in [0, 0.1) is 11.8 Å². The third-order valence-electron chi connectivity index (χ3n) is 3.36. The van der Waals surface area contributed by atoms with Gasteiger partial charge in [0.15, 0.2) is 0 Å². The van der Waals surface area contributed by atoms with Crippen molar-refractivity contribution in [2.45, 2.75) is 6.92 Å². The summed E-state index contributed by atoms with van der Waals surface area (Å²) in [5.74, 6) is -0.718. The Bertz CT molecular complexity index is 496. The Morgan fingerprint density at radius 1 is 1.42 bits per heavy atom. The first-order chi connectivity index (χ1) is 8.93. The molecule has 1 aromatic heterocycles. The lowest BCUT2D eigenvalue weighted by molar-refractivity contribution is -0.146. The van der Waals surface area contributed by atoms with Gasteiger partial charge >= 0.3 is 5.97 Å². The van der Waals surface area contributed by atoms with Crippen LogP contribution in [-0.2, 0) is 9.53 Å². The molecule has 0 aliphatic carbocycles. The van der Waals surface area contributed by atoms with Crippen LogP contribution in [0.25, 0.3) is 0 Å². The second kappa shape index (κ2) is 5.43. The largest absolute Gasteiger partial charge is 0.469 e.